The van der Waals surface area contributed by atoms with Crippen molar-refractivity contribution >= 4 is 37.6 Å². The highest BCUT2D eigenvalue weighted by Gasteiger charge is 2.45. The van der Waals surface area contributed by atoms with Gasteiger partial charge in [0.05, 0.1) is 23.8 Å². The fourth-order valence-electron chi connectivity index (χ4n) is 5.57. The summed E-state index contributed by atoms with van der Waals surface area (Å²) < 4.78 is 18.3. The van der Waals surface area contributed by atoms with Crippen LogP contribution in [0.5, 0.6) is 0 Å². The van der Waals surface area contributed by atoms with Crippen molar-refractivity contribution in [3.63, 3.8) is 0 Å². The molecule has 0 aromatic carbocycles. The second kappa shape index (κ2) is 11.9. The maximum absolute atomic E-state index is 13.0. The Hall–Kier alpha value is -1.18. The van der Waals surface area contributed by atoms with Gasteiger partial charge in [-0.25, -0.2) is 0 Å². The number of cyclic esters (lactones) is 1. The number of halogens is 1. The Kier molecular flexibility index (Phi) is 9.77. The zero-order valence-electron chi connectivity index (χ0n) is 24.0. The Morgan fingerprint density at radius 2 is 1.86 bits per heavy atom. The van der Waals surface area contributed by atoms with Crippen LogP contribution >= 0.6 is 11.6 Å². The first-order valence-corrected chi connectivity index (χ1v) is 17.5. The third-order valence-electron chi connectivity index (χ3n) is 9.21. The molecule has 1 saturated heterocycles. The van der Waals surface area contributed by atoms with E-state index in [0.717, 1.165) is 17.6 Å². The molecule has 0 amide bonds. The Bertz CT molecular complexity index is 907. The van der Waals surface area contributed by atoms with Gasteiger partial charge in [-0.2, -0.15) is 0 Å². The maximum atomic E-state index is 13.0. The van der Waals surface area contributed by atoms with Crippen molar-refractivity contribution in [3.05, 3.63) is 11.1 Å². The molecule has 8 heteroatoms. The largest absolute Gasteiger partial charge is 0.462 e. The van der Waals surface area contributed by atoms with Gasteiger partial charge in [0.25, 0.3) is 0 Å². The molecule has 3 rings (SSSR count). The third kappa shape index (κ3) is 7.07. The van der Waals surface area contributed by atoms with Crippen molar-refractivity contribution in [2.24, 2.45) is 17.8 Å². The summed E-state index contributed by atoms with van der Waals surface area (Å²) in [5, 5.41) is -0.145. The maximum Gasteiger partial charge on any atom is 0.309 e. The summed E-state index contributed by atoms with van der Waals surface area (Å²) in [6.07, 6.45) is 3.97. The number of carbonyl (C=O) groups is 3. The van der Waals surface area contributed by atoms with Crippen LogP contribution in [0, 0.1) is 17.8 Å². The van der Waals surface area contributed by atoms with E-state index < -0.39 is 8.32 Å². The number of hydrogen-bond donors (Lipinski definition) is 0. The standard InChI is InChI=1S/C29H47ClO6Si/c1-9-17(2)28(33)35-25-13-12-23(30)22-16-24(31)18(3)21(27(22)25)11-10-19-14-20(15-26(32)34-19)36-37(7,8)29(4,5)6/h17-21,23,25H,9-16H2,1-8H3/t17-,18+,19?,20+,21-,23-,25?/m0/s1. The summed E-state index contributed by atoms with van der Waals surface area (Å²) in [5.41, 5.74) is 1.99. The van der Waals surface area contributed by atoms with Gasteiger partial charge >= 0.3 is 11.9 Å². The van der Waals surface area contributed by atoms with Crippen molar-refractivity contribution in [2.75, 3.05) is 0 Å². The summed E-state index contributed by atoms with van der Waals surface area (Å²) in [7, 11) is -2.02. The fourth-order valence-corrected chi connectivity index (χ4v) is 7.26. The highest BCUT2D eigenvalue weighted by Crippen LogP contribution is 2.46. The molecule has 1 heterocycles. The van der Waals surface area contributed by atoms with E-state index in [-0.39, 0.29) is 70.6 Å². The minimum atomic E-state index is -2.02. The minimum absolute atomic E-state index is 0.0609. The molecule has 0 N–H and O–H groups in total. The van der Waals surface area contributed by atoms with E-state index in [2.05, 4.69) is 33.9 Å². The predicted molar refractivity (Wildman–Crippen MR) is 148 cm³/mol. The van der Waals surface area contributed by atoms with Crippen LogP contribution in [0.3, 0.4) is 0 Å². The molecule has 0 radical (unpaired) electrons. The Morgan fingerprint density at radius 3 is 2.49 bits per heavy atom. The van der Waals surface area contributed by atoms with Gasteiger partial charge in [0.2, 0.25) is 0 Å². The molecule has 1 fully saturated rings. The van der Waals surface area contributed by atoms with Crippen molar-refractivity contribution in [3.8, 4) is 0 Å². The number of esters is 2. The van der Waals surface area contributed by atoms with E-state index >= 15 is 0 Å². The molecule has 0 bridgehead atoms. The molecule has 0 saturated carbocycles. The molecule has 0 aromatic heterocycles. The van der Waals surface area contributed by atoms with Crippen LogP contribution in [0.15, 0.2) is 11.1 Å². The lowest BCUT2D eigenvalue weighted by molar-refractivity contribution is -0.160. The Morgan fingerprint density at radius 1 is 1.19 bits per heavy atom. The SMILES string of the molecule is CC[C@H](C)C(=O)OC1CC[C@H](Cl)C2=C1[C@@H](CCC1C[C@@H](O[Si](C)(C)C(C)(C)C)CC(=O)O1)[C@@H](C)C(=O)C2. The average molecular weight is 555 g/mol. The second-order valence-electron chi connectivity index (χ2n) is 12.9. The molecule has 2 unspecified atom stereocenters. The van der Waals surface area contributed by atoms with Crippen LogP contribution in [0.2, 0.25) is 18.1 Å². The van der Waals surface area contributed by atoms with Gasteiger partial charge in [-0.1, -0.05) is 41.5 Å². The van der Waals surface area contributed by atoms with Crippen molar-refractivity contribution < 1.29 is 28.3 Å². The number of ketones is 1. The number of allylic oxidation sites excluding steroid dienone is 1. The molecule has 210 valence electrons. The van der Waals surface area contributed by atoms with Crippen LogP contribution in [-0.4, -0.2) is 49.7 Å². The van der Waals surface area contributed by atoms with E-state index in [9.17, 15) is 14.4 Å². The highest BCUT2D eigenvalue weighted by atomic mass is 35.5. The molecular formula is C29H47ClO6Si. The van der Waals surface area contributed by atoms with E-state index in [4.69, 9.17) is 25.5 Å². The Balaban J connectivity index is 1.77. The number of ether oxygens (including phenoxy) is 2. The van der Waals surface area contributed by atoms with Gasteiger partial charge in [-0.3, -0.25) is 14.4 Å². The summed E-state index contributed by atoms with van der Waals surface area (Å²) in [4.78, 5) is 38.2. The minimum Gasteiger partial charge on any atom is -0.462 e. The average Bonchev–Trinajstić information content (AvgIpc) is 2.79. The summed E-state index contributed by atoms with van der Waals surface area (Å²) in [6, 6.07) is 0. The number of alkyl halides is 1. The summed E-state index contributed by atoms with van der Waals surface area (Å²) in [5.74, 6) is -0.660. The number of rotatable bonds is 8. The molecule has 0 aromatic rings. The van der Waals surface area contributed by atoms with Crippen LogP contribution in [-0.2, 0) is 28.3 Å². The van der Waals surface area contributed by atoms with Gasteiger partial charge in [-0.05, 0) is 67.3 Å². The van der Waals surface area contributed by atoms with E-state index in [0.29, 0.717) is 38.5 Å². The molecule has 2 aliphatic carbocycles. The summed E-state index contributed by atoms with van der Waals surface area (Å²) >= 11 is 6.71. The first-order chi connectivity index (χ1) is 17.1. The summed E-state index contributed by atoms with van der Waals surface area (Å²) in [6.45, 7) is 16.8. The zero-order valence-corrected chi connectivity index (χ0v) is 25.8. The molecule has 3 aliphatic rings. The van der Waals surface area contributed by atoms with Crippen LogP contribution in [0.1, 0.15) is 92.9 Å². The number of Topliss-reactive ketones (excluding diaryl/α,β-unsaturated/α-hetero) is 1. The third-order valence-corrected chi connectivity index (χ3v) is 14.2. The van der Waals surface area contributed by atoms with Gasteiger partial charge in [0.1, 0.15) is 18.0 Å². The van der Waals surface area contributed by atoms with Crippen LogP contribution < -0.4 is 0 Å². The van der Waals surface area contributed by atoms with Crippen molar-refractivity contribution in [1.29, 1.82) is 0 Å². The first kappa shape index (κ1) is 30.4. The number of hydrogen-bond acceptors (Lipinski definition) is 6. The predicted octanol–water partition coefficient (Wildman–Crippen LogP) is 6.74. The Labute approximate surface area is 229 Å². The molecular weight excluding hydrogens is 508 g/mol. The first-order valence-electron chi connectivity index (χ1n) is 14.1. The highest BCUT2D eigenvalue weighted by molar-refractivity contribution is 6.74. The van der Waals surface area contributed by atoms with Crippen molar-refractivity contribution in [1.82, 2.24) is 0 Å². The molecule has 7 atom stereocenters. The lowest BCUT2D eigenvalue weighted by atomic mass is 9.67. The quantitative estimate of drug-likeness (QED) is 0.143. The fraction of sp³-hybridized carbons (Fsp3) is 0.828. The number of carbonyl (C=O) groups excluding carboxylic acids is 3. The molecule has 0 spiro atoms. The second-order valence-corrected chi connectivity index (χ2v) is 18.2. The van der Waals surface area contributed by atoms with Gasteiger partial charge in [0.15, 0.2) is 8.32 Å². The monoisotopic (exact) mass is 554 g/mol. The molecule has 1 aliphatic heterocycles. The van der Waals surface area contributed by atoms with Gasteiger partial charge in [-0.15, -0.1) is 11.6 Å². The molecule has 37 heavy (non-hydrogen) atoms. The molecule has 6 nitrogen and oxygen atoms in total. The topological polar surface area (TPSA) is 78.9 Å². The van der Waals surface area contributed by atoms with Crippen LogP contribution in [0.25, 0.3) is 0 Å². The lowest BCUT2D eigenvalue weighted by Crippen LogP contribution is -2.47. The smallest absolute Gasteiger partial charge is 0.309 e. The van der Waals surface area contributed by atoms with Crippen LogP contribution in [0.4, 0.5) is 0 Å². The van der Waals surface area contributed by atoms with E-state index in [1.807, 2.05) is 20.8 Å². The van der Waals surface area contributed by atoms with Gasteiger partial charge < -0.3 is 13.9 Å². The normalized spacial score (nSPS) is 32.0. The van der Waals surface area contributed by atoms with Crippen molar-refractivity contribution in [2.45, 2.75) is 135 Å². The lowest BCUT2D eigenvalue weighted by Gasteiger charge is -2.42. The van der Waals surface area contributed by atoms with E-state index in [1.165, 1.54) is 0 Å². The van der Waals surface area contributed by atoms with E-state index in [1.54, 1.807) is 0 Å². The zero-order chi connectivity index (χ0) is 27.7. The van der Waals surface area contributed by atoms with Gasteiger partial charge in [0, 0.05) is 18.8 Å².